The molecule has 254 valence electrons. The van der Waals surface area contributed by atoms with Crippen LogP contribution in [0.2, 0.25) is 0 Å². The summed E-state index contributed by atoms with van der Waals surface area (Å²) in [7, 11) is -2.44. The molecule has 0 radical (unpaired) electrons. The van der Waals surface area contributed by atoms with Gasteiger partial charge < -0.3 is 24.8 Å². The minimum atomic E-state index is -4.40. The summed E-state index contributed by atoms with van der Waals surface area (Å²) < 4.78 is 81.8. The highest BCUT2D eigenvalue weighted by molar-refractivity contribution is 7.89. The summed E-state index contributed by atoms with van der Waals surface area (Å²) in [6.07, 6.45) is -1.26. The van der Waals surface area contributed by atoms with Crippen molar-refractivity contribution in [3.63, 3.8) is 0 Å². The summed E-state index contributed by atoms with van der Waals surface area (Å²) >= 11 is 1.27. The number of anilines is 2. The molecule has 3 aromatic rings. The second kappa shape index (κ2) is 13.8. The predicted octanol–water partition coefficient (Wildman–Crippen LogP) is 5.20. The average Bonchev–Trinajstić information content (AvgIpc) is 3.31. The maximum atomic E-state index is 13.8. The number of halogens is 3. The molecule has 4 N–H and O–H groups in total. The molecule has 2 aliphatic heterocycles. The Hall–Kier alpha value is -3.06. The van der Waals surface area contributed by atoms with Crippen LogP contribution < -0.4 is 20.5 Å². The molecule has 3 heterocycles. The van der Waals surface area contributed by atoms with E-state index >= 15 is 0 Å². The SMILES string of the molecule is COCCOc1cc(S(N)(=O)=O)ccc1NCC#Cc1sc2c(NC3CCC(N4CC5(COC5)C4)CC3)cccc2c1CC(F)(F)F. The van der Waals surface area contributed by atoms with Gasteiger partial charge in [-0.25, -0.2) is 13.6 Å². The lowest BCUT2D eigenvalue weighted by Crippen LogP contribution is -2.68. The molecular formula is C33H39F3N4O5S2. The second-order valence-electron chi connectivity index (χ2n) is 12.6. The number of likely N-dealkylation sites (tertiary alicyclic amines) is 1. The van der Waals surface area contributed by atoms with Crippen LogP contribution in [0.1, 0.15) is 36.1 Å². The molecule has 2 saturated heterocycles. The Kier molecular flexibility index (Phi) is 9.94. The van der Waals surface area contributed by atoms with E-state index in [-0.39, 0.29) is 42.0 Å². The topological polar surface area (TPSA) is 115 Å². The molecular weight excluding hydrogens is 654 g/mol. The largest absolute Gasteiger partial charge is 0.489 e. The average molecular weight is 693 g/mol. The van der Waals surface area contributed by atoms with Crippen LogP contribution in [0.3, 0.4) is 0 Å². The lowest BCUT2D eigenvalue weighted by Gasteiger charge is -2.58. The number of fused-ring (bicyclic) bond motifs is 1. The third kappa shape index (κ3) is 7.98. The van der Waals surface area contributed by atoms with E-state index in [9.17, 15) is 21.6 Å². The Morgan fingerprint density at radius 2 is 1.87 bits per heavy atom. The monoisotopic (exact) mass is 692 g/mol. The van der Waals surface area contributed by atoms with Crippen LogP contribution in [0.4, 0.5) is 24.5 Å². The quantitative estimate of drug-likeness (QED) is 0.186. The first-order valence-corrected chi connectivity index (χ1v) is 18.0. The zero-order chi connectivity index (χ0) is 33.2. The third-order valence-corrected chi connectivity index (χ3v) is 11.2. The van der Waals surface area contributed by atoms with Gasteiger partial charge in [-0.15, -0.1) is 11.3 Å². The molecule has 6 rings (SSSR count). The molecule has 14 heteroatoms. The van der Waals surface area contributed by atoms with E-state index in [0.29, 0.717) is 27.4 Å². The van der Waals surface area contributed by atoms with Crippen molar-refractivity contribution in [2.45, 2.75) is 55.3 Å². The van der Waals surface area contributed by atoms with Gasteiger partial charge in [-0.05, 0) is 54.8 Å². The van der Waals surface area contributed by atoms with Crippen molar-refractivity contribution in [1.82, 2.24) is 4.90 Å². The van der Waals surface area contributed by atoms with Gasteiger partial charge in [-0.1, -0.05) is 24.0 Å². The lowest BCUT2D eigenvalue weighted by atomic mass is 9.75. The standard InChI is InChI=1S/C33H39F3N4O5S2/c1-43-14-15-45-29-16-24(47(37,41)42)11-12-27(29)38-13-3-6-30-26(17-33(34,35)36)25-4-2-5-28(31(25)46-30)39-22-7-9-23(10-8-22)40-18-32(19-40)20-44-21-32/h2,4-5,11-12,16,22-23,38-39H,7-10,13-15,17-21H2,1H3,(H2,37,41,42). The van der Waals surface area contributed by atoms with Crippen molar-refractivity contribution < 1.29 is 35.8 Å². The first kappa shape index (κ1) is 33.8. The zero-order valence-corrected chi connectivity index (χ0v) is 27.8. The molecule has 1 spiro atoms. The van der Waals surface area contributed by atoms with Crippen molar-refractivity contribution in [2.75, 3.05) is 63.8 Å². The smallest absolute Gasteiger partial charge is 0.393 e. The molecule has 1 aliphatic carbocycles. The highest BCUT2D eigenvalue weighted by Gasteiger charge is 2.50. The minimum Gasteiger partial charge on any atom is -0.489 e. The number of thiophene rings is 1. The fraction of sp³-hybridized carbons (Fsp3) is 0.515. The first-order valence-electron chi connectivity index (χ1n) is 15.6. The number of methoxy groups -OCH3 is 1. The van der Waals surface area contributed by atoms with E-state index in [1.165, 1.54) is 36.6 Å². The van der Waals surface area contributed by atoms with Crippen LogP contribution in [0.25, 0.3) is 10.1 Å². The van der Waals surface area contributed by atoms with Gasteiger partial charge in [-0.2, -0.15) is 13.2 Å². The summed E-state index contributed by atoms with van der Waals surface area (Å²) in [5.41, 5.74) is 1.87. The minimum absolute atomic E-state index is 0.0779. The van der Waals surface area contributed by atoms with Gasteiger partial charge in [-0.3, -0.25) is 4.90 Å². The van der Waals surface area contributed by atoms with Crippen LogP contribution in [0.15, 0.2) is 41.3 Å². The highest BCUT2D eigenvalue weighted by Crippen LogP contribution is 2.43. The number of hydrogen-bond acceptors (Lipinski definition) is 9. The number of nitrogens with zero attached hydrogens (tertiary/aromatic N) is 1. The Morgan fingerprint density at radius 1 is 1.11 bits per heavy atom. The Balaban J connectivity index is 1.16. The summed E-state index contributed by atoms with van der Waals surface area (Å²) in [5.74, 6) is 6.15. The number of benzene rings is 2. The van der Waals surface area contributed by atoms with Gasteiger partial charge >= 0.3 is 6.18 Å². The number of ether oxygens (including phenoxy) is 3. The molecule has 3 aliphatic rings. The third-order valence-electron chi connectivity index (χ3n) is 9.06. The highest BCUT2D eigenvalue weighted by atomic mass is 32.2. The molecule has 9 nitrogen and oxygen atoms in total. The number of sulfonamides is 1. The van der Waals surface area contributed by atoms with E-state index in [4.69, 9.17) is 19.3 Å². The Morgan fingerprint density at radius 3 is 2.53 bits per heavy atom. The first-order chi connectivity index (χ1) is 22.4. The van der Waals surface area contributed by atoms with E-state index in [2.05, 4.69) is 27.4 Å². The Bertz CT molecular complexity index is 1750. The number of primary sulfonamides is 1. The maximum absolute atomic E-state index is 13.8. The molecule has 0 bridgehead atoms. The molecule has 0 unspecified atom stereocenters. The summed E-state index contributed by atoms with van der Waals surface area (Å²) in [5, 5.41) is 12.5. The van der Waals surface area contributed by atoms with Crippen LogP contribution in [-0.2, 0) is 25.9 Å². The maximum Gasteiger partial charge on any atom is 0.393 e. The number of alkyl halides is 3. The van der Waals surface area contributed by atoms with Gasteiger partial charge in [0.25, 0.3) is 0 Å². The summed E-state index contributed by atoms with van der Waals surface area (Å²) in [4.78, 5) is 2.83. The van der Waals surface area contributed by atoms with Gasteiger partial charge in [0.05, 0.1) is 58.6 Å². The molecule has 2 aromatic carbocycles. The second-order valence-corrected chi connectivity index (χ2v) is 15.2. The van der Waals surface area contributed by atoms with Gasteiger partial charge in [0, 0.05) is 43.8 Å². The fourth-order valence-electron chi connectivity index (χ4n) is 6.66. The molecule has 0 amide bonds. The number of hydrogen-bond donors (Lipinski definition) is 3. The molecule has 1 aromatic heterocycles. The lowest BCUT2D eigenvalue weighted by molar-refractivity contribution is -0.200. The number of nitrogens with two attached hydrogens (primary N) is 1. The molecule has 1 saturated carbocycles. The van der Waals surface area contributed by atoms with E-state index in [1.807, 2.05) is 6.07 Å². The van der Waals surface area contributed by atoms with E-state index in [1.54, 1.807) is 12.1 Å². The Labute approximate surface area is 277 Å². The van der Waals surface area contributed by atoms with Gasteiger partial charge in [0.2, 0.25) is 10.0 Å². The van der Waals surface area contributed by atoms with Crippen LogP contribution in [-0.4, -0.2) is 84.7 Å². The normalized spacial score (nSPS) is 21.0. The van der Waals surface area contributed by atoms with E-state index < -0.39 is 22.6 Å². The fourth-order valence-corrected chi connectivity index (χ4v) is 8.36. The van der Waals surface area contributed by atoms with Crippen LogP contribution in [0.5, 0.6) is 5.75 Å². The molecule has 0 atom stereocenters. The van der Waals surface area contributed by atoms with Gasteiger partial charge in [0.1, 0.15) is 12.4 Å². The summed E-state index contributed by atoms with van der Waals surface area (Å²) in [6.45, 7) is 4.54. The van der Waals surface area contributed by atoms with Crippen LogP contribution in [0, 0.1) is 17.3 Å². The predicted molar refractivity (Wildman–Crippen MR) is 177 cm³/mol. The summed E-state index contributed by atoms with van der Waals surface area (Å²) in [6, 6.07) is 10.5. The molecule has 47 heavy (non-hydrogen) atoms. The zero-order valence-electron chi connectivity index (χ0n) is 26.1. The molecule has 3 fully saturated rings. The number of rotatable bonds is 11. The van der Waals surface area contributed by atoms with E-state index in [0.717, 1.165) is 62.4 Å². The van der Waals surface area contributed by atoms with Crippen LogP contribution >= 0.6 is 11.3 Å². The van der Waals surface area contributed by atoms with Crippen molar-refractivity contribution in [2.24, 2.45) is 10.6 Å². The van der Waals surface area contributed by atoms with Crippen molar-refractivity contribution in [3.05, 3.63) is 46.8 Å². The number of nitrogens with one attached hydrogen (secondary N) is 2. The van der Waals surface area contributed by atoms with Crippen molar-refractivity contribution >= 4 is 42.8 Å². The van der Waals surface area contributed by atoms with Gasteiger partial charge in [0.15, 0.2) is 0 Å². The van der Waals surface area contributed by atoms with Crippen molar-refractivity contribution in [3.8, 4) is 17.6 Å². The van der Waals surface area contributed by atoms with Crippen molar-refractivity contribution in [1.29, 1.82) is 0 Å².